The predicted molar refractivity (Wildman–Crippen MR) is 55.5 cm³/mol. The largest absolute Gasteiger partial charge is 0.296 e. The first-order chi connectivity index (χ1) is 6.81. The number of thiazole rings is 1. The number of carbonyl (C=O) groups is 1. The number of rotatable bonds is 2. The highest BCUT2D eigenvalue weighted by atomic mass is 32.1. The molecule has 4 heteroatoms. The van der Waals surface area contributed by atoms with E-state index in [2.05, 4.69) is 9.97 Å². The zero-order chi connectivity index (χ0) is 9.97. The highest BCUT2D eigenvalue weighted by Gasteiger charge is 2.07. The molecule has 0 aliphatic carbocycles. The summed E-state index contributed by atoms with van der Waals surface area (Å²) in [6, 6.07) is 3.78. The van der Waals surface area contributed by atoms with Crippen molar-refractivity contribution in [2.24, 2.45) is 0 Å². The third-order valence-corrected chi connectivity index (χ3v) is 2.89. The molecule has 2 aromatic heterocycles. The molecular weight excluding hydrogens is 196 g/mol. The Balaban J connectivity index is 2.48. The summed E-state index contributed by atoms with van der Waals surface area (Å²) in [5, 5.41) is 0.845. The molecule has 0 spiro atoms. The Labute approximate surface area is 85.5 Å². The first-order valence-corrected chi connectivity index (χ1v) is 4.96. The average Bonchev–Trinajstić information content (AvgIpc) is 2.61. The first kappa shape index (κ1) is 9.02. The van der Waals surface area contributed by atoms with Gasteiger partial charge in [0.2, 0.25) is 0 Å². The van der Waals surface area contributed by atoms with Gasteiger partial charge in [-0.15, -0.1) is 11.3 Å². The summed E-state index contributed by atoms with van der Waals surface area (Å²) < 4.78 is 0. The first-order valence-electron chi connectivity index (χ1n) is 4.14. The maximum atomic E-state index is 10.6. The van der Waals surface area contributed by atoms with E-state index in [0.717, 1.165) is 21.7 Å². The molecule has 70 valence electrons. The Morgan fingerprint density at radius 2 is 2.36 bits per heavy atom. The third-order valence-electron chi connectivity index (χ3n) is 1.85. The van der Waals surface area contributed by atoms with Gasteiger partial charge < -0.3 is 0 Å². The average molecular weight is 204 g/mol. The van der Waals surface area contributed by atoms with E-state index in [1.165, 1.54) is 11.3 Å². The fourth-order valence-corrected chi connectivity index (χ4v) is 2.00. The number of pyridine rings is 1. The minimum Gasteiger partial charge on any atom is -0.296 e. The number of aldehydes is 1. The molecule has 0 aliphatic heterocycles. The van der Waals surface area contributed by atoms with Crippen LogP contribution in [0.2, 0.25) is 0 Å². The standard InChI is InChI=1S/C10H8N2OS/c1-7-9(6-13)12-10(14-7)8-3-2-4-11-5-8/h2-6H,1H3. The van der Waals surface area contributed by atoms with Gasteiger partial charge in [0.1, 0.15) is 10.7 Å². The lowest BCUT2D eigenvalue weighted by atomic mass is 10.3. The van der Waals surface area contributed by atoms with E-state index in [9.17, 15) is 4.79 Å². The summed E-state index contributed by atoms with van der Waals surface area (Å²) in [4.78, 5) is 19.8. The Kier molecular flexibility index (Phi) is 2.37. The van der Waals surface area contributed by atoms with E-state index in [0.29, 0.717) is 5.69 Å². The van der Waals surface area contributed by atoms with Crippen molar-refractivity contribution in [1.29, 1.82) is 0 Å². The van der Waals surface area contributed by atoms with E-state index in [4.69, 9.17) is 0 Å². The molecule has 0 radical (unpaired) electrons. The highest BCUT2D eigenvalue weighted by molar-refractivity contribution is 7.15. The van der Waals surface area contributed by atoms with Gasteiger partial charge in [-0.2, -0.15) is 0 Å². The van der Waals surface area contributed by atoms with Gasteiger partial charge in [-0.25, -0.2) is 4.98 Å². The zero-order valence-electron chi connectivity index (χ0n) is 7.60. The van der Waals surface area contributed by atoms with Gasteiger partial charge in [0.15, 0.2) is 6.29 Å². The van der Waals surface area contributed by atoms with Crippen LogP contribution in [0.3, 0.4) is 0 Å². The minimum absolute atomic E-state index is 0.522. The second kappa shape index (κ2) is 3.67. The number of nitrogens with zero attached hydrogens (tertiary/aromatic N) is 2. The van der Waals surface area contributed by atoms with Gasteiger partial charge in [-0.05, 0) is 19.1 Å². The molecule has 14 heavy (non-hydrogen) atoms. The van der Waals surface area contributed by atoms with Gasteiger partial charge >= 0.3 is 0 Å². The number of hydrogen-bond donors (Lipinski definition) is 0. The quantitative estimate of drug-likeness (QED) is 0.705. The Bertz CT molecular complexity index is 450. The molecule has 2 aromatic rings. The zero-order valence-corrected chi connectivity index (χ0v) is 8.41. The normalized spacial score (nSPS) is 10.1. The molecule has 0 amide bonds. The fraction of sp³-hybridized carbons (Fsp3) is 0.100. The second-order valence-corrected chi connectivity index (χ2v) is 4.02. The molecule has 0 fully saturated rings. The maximum absolute atomic E-state index is 10.6. The molecule has 0 N–H and O–H groups in total. The number of aryl methyl sites for hydroxylation is 1. The van der Waals surface area contributed by atoms with Gasteiger partial charge in [-0.1, -0.05) is 0 Å². The van der Waals surface area contributed by atoms with Crippen LogP contribution < -0.4 is 0 Å². The molecule has 2 rings (SSSR count). The van der Waals surface area contributed by atoms with Crippen LogP contribution in [-0.2, 0) is 0 Å². The van der Waals surface area contributed by atoms with Crippen molar-refractivity contribution in [3.63, 3.8) is 0 Å². The van der Waals surface area contributed by atoms with Crippen LogP contribution in [0.5, 0.6) is 0 Å². The van der Waals surface area contributed by atoms with Crippen LogP contribution >= 0.6 is 11.3 Å². The van der Waals surface area contributed by atoms with Crippen molar-refractivity contribution in [3.05, 3.63) is 35.1 Å². The monoisotopic (exact) mass is 204 g/mol. The van der Waals surface area contributed by atoms with Crippen LogP contribution in [0.15, 0.2) is 24.5 Å². The van der Waals surface area contributed by atoms with Crippen molar-refractivity contribution < 1.29 is 4.79 Å². The highest BCUT2D eigenvalue weighted by Crippen LogP contribution is 2.25. The predicted octanol–water partition coefficient (Wildman–Crippen LogP) is 2.33. The van der Waals surface area contributed by atoms with E-state index in [-0.39, 0.29) is 0 Å². The van der Waals surface area contributed by atoms with E-state index < -0.39 is 0 Å². The molecule has 0 saturated heterocycles. The Hall–Kier alpha value is -1.55. The SMILES string of the molecule is Cc1sc(-c2cccnc2)nc1C=O. The summed E-state index contributed by atoms with van der Waals surface area (Å²) in [5.74, 6) is 0. The third kappa shape index (κ3) is 1.56. The van der Waals surface area contributed by atoms with Crippen LogP contribution in [-0.4, -0.2) is 16.3 Å². The molecule has 3 nitrogen and oxygen atoms in total. The Morgan fingerprint density at radius 3 is 2.93 bits per heavy atom. The molecule has 0 saturated carbocycles. The number of carbonyl (C=O) groups excluding carboxylic acids is 1. The smallest absolute Gasteiger partial charge is 0.169 e. The van der Waals surface area contributed by atoms with Crippen LogP contribution in [0.1, 0.15) is 15.4 Å². The van der Waals surface area contributed by atoms with Crippen molar-refractivity contribution in [1.82, 2.24) is 9.97 Å². The van der Waals surface area contributed by atoms with Crippen molar-refractivity contribution in [3.8, 4) is 10.6 Å². The van der Waals surface area contributed by atoms with Gasteiger partial charge in [0.25, 0.3) is 0 Å². The summed E-state index contributed by atoms with van der Waals surface area (Å²) in [5.41, 5.74) is 1.47. The topological polar surface area (TPSA) is 42.9 Å². The maximum Gasteiger partial charge on any atom is 0.169 e. The second-order valence-electron chi connectivity index (χ2n) is 2.82. The van der Waals surface area contributed by atoms with Crippen LogP contribution in [0, 0.1) is 6.92 Å². The number of hydrogen-bond acceptors (Lipinski definition) is 4. The molecule has 0 atom stereocenters. The summed E-state index contributed by atoms with van der Waals surface area (Å²) in [6.45, 7) is 1.89. The van der Waals surface area contributed by atoms with Gasteiger partial charge in [-0.3, -0.25) is 9.78 Å². The summed E-state index contributed by atoms with van der Waals surface area (Å²) in [6.07, 6.45) is 4.24. The van der Waals surface area contributed by atoms with E-state index >= 15 is 0 Å². The number of aromatic nitrogens is 2. The lowest BCUT2D eigenvalue weighted by molar-refractivity contribution is 0.111. The van der Waals surface area contributed by atoms with Crippen molar-refractivity contribution in [2.75, 3.05) is 0 Å². The summed E-state index contributed by atoms with van der Waals surface area (Å²) >= 11 is 1.51. The lowest BCUT2D eigenvalue weighted by Gasteiger charge is -1.91. The molecular formula is C10H8N2OS. The lowest BCUT2D eigenvalue weighted by Crippen LogP contribution is -1.82. The van der Waals surface area contributed by atoms with Crippen LogP contribution in [0.25, 0.3) is 10.6 Å². The molecule has 0 aliphatic rings. The minimum atomic E-state index is 0.522. The summed E-state index contributed by atoms with van der Waals surface area (Å²) in [7, 11) is 0. The molecule has 0 aromatic carbocycles. The Morgan fingerprint density at radius 1 is 1.50 bits per heavy atom. The fourth-order valence-electron chi connectivity index (χ4n) is 1.13. The van der Waals surface area contributed by atoms with E-state index in [1.54, 1.807) is 12.4 Å². The van der Waals surface area contributed by atoms with Gasteiger partial charge in [0.05, 0.1) is 0 Å². The van der Waals surface area contributed by atoms with Crippen molar-refractivity contribution >= 4 is 17.6 Å². The molecule has 2 heterocycles. The molecule has 0 unspecified atom stereocenters. The van der Waals surface area contributed by atoms with E-state index in [1.807, 2.05) is 19.1 Å². The van der Waals surface area contributed by atoms with Gasteiger partial charge in [0, 0.05) is 22.8 Å². The van der Waals surface area contributed by atoms with Crippen molar-refractivity contribution in [2.45, 2.75) is 6.92 Å². The van der Waals surface area contributed by atoms with Crippen LogP contribution in [0.4, 0.5) is 0 Å². The molecule has 0 bridgehead atoms.